The number of carbonyl (C=O) groups is 1. The monoisotopic (exact) mass is 212 g/mol. The molecule has 0 aromatic heterocycles. The maximum absolute atomic E-state index is 11.9. The highest BCUT2D eigenvalue weighted by Crippen LogP contribution is 2.20. The number of nitrogens with zero attached hydrogens (tertiary/aromatic N) is 1. The van der Waals surface area contributed by atoms with Crippen molar-refractivity contribution < 1.29 is 4.79 Å². The summed E-state index contributed by atoms with van der Waals surface area (Å²) in [7, 11) is 0. The molecule has 1 aliphatic heterocycles. The molecule has 3 heteroatoms. The Morgan fingerprint density at radius 1 is 1.53 bits per heavy atom. The summed E-state index contributed by atoms with van der Waals surface area (Å²) < 4.78 is 0. The molecule has 0 bridgehead atoms. The van der Waals surface area contributed by atoms with Crippen LogP contribution in [0.1, 0.15) is 40.0 Å². The molecule has 2 atom stereocenters. The fourth-order valence-corrected chi connectivity index (χ4v) is 2.21. The molecule has 1 heterocycles. The van der Waals surface area contributed by atoms with Crippen molar-refractivity contribution >= 4 is 5.91 Å². The van der Waals surface area contributed by atoms with Gasteiger partial charge in [0.2, 0.25) is 5.91 Å². The molecule has 0 aliphatic carbocycles. The first kappa shape index (κ1) is 12.5. The highest BCUT2D eigenvalue weighted by molar-refractivity contribution is 5.81. The molecule has 88 valence electrons. The molecule has 0 saturated carbocycles. The van der Waals surface area contributed by atoms with Crippen LogP contribution in [0.25, 0.3) is 0 Å². The van der Waals surface area contributed by atoms with Crippen LogP contribution in [0.15, 0.2) is 0 Å². The lowest BCUT2D eigenvalue weighted by molar-refractivity contribution is -0.132. The maximum atomic E-state index is 11.9. The Morgan fingerprint density at radius 3 is 2.67 bits per heavy atom. The zero-order valence-electron chi connectivity index (χ0n) is 10.2. The summed E-state index contributed by atoms with van der Waals surface area (Å²) in [6.45, 7) is 8.22. The lowest BCUT2D eigenvalue weighted by atomic mass is 10.0. The summed E-state index contributed by atoms with van der Waals surface area (Å²) in [6.07, 6.45) is 3.12. The second-order valence-electron chi connectivity index (χ2n) is 5.08. The van der Waals surface area contributed by atoms with Crippen molar-refractivity contribution in [3.63, 3.8) is 0 Å². The van der Waals surface area contributed by atoms with Crippen LogP contribution in [0.2, 0.25) is 0 Å². The minimum Gasteiger partial charge on any atom is -0.341 e. The van der Waals surface area contributed by atoms with Crippen LogP contribution in [-0.2, 0) is 4.79 Å². The van der Waals surface area contributed by atoms with Crippen molar-refractivity contribution in [2.45, 2.75) is 46.1 Å². The van der Waals surface area contributed by atoms with Gasteiger partial charge in [0.1, 0.15) is 0 Å². The first-order chi connectivity index (χ1) is 7.04. The van der Waals surface area contributed by atoms with E-state index < -0.39 is 0 Å². The Hall–Kier alpha value is -0.570. The molecule has 1 rings (SSSR count). The van der Waals surface area contributed by atoms with Gasteiger partial charge in [0.25, 0.3) is 0 Å². The summed E-state index contributed by atoms with van der Waals surface area (Å²) in [6, 6.07) is -0.291. The van der Waals surface area contributed by atoms with E-state index in [9.17, 15) is 4.79 Å². The predicted octanol–water partition coefficient (Wildman–Crippen LogP) is 1.62. The molecule has 15 heavy (non-hydrogen) atoms. The maximum Gasteiger partial charge on any atom is 0.239 e. The van der Waals surface area contributed by atoms with E-state index in [-0.39, 0.29) is 11.9 Å². The quantitative estimate of drug-likeness (QED) is 0.769. The van der Waals surface area contributed by atoms with Crippen LogP contribution in [0, 0.1) is 11.8 Å². The van der Waals surface area contributed by atoms with Gasteiger partial charge in [-0.1, -0.05) is 27.2 Å². The number of hydrogen-bond acceptors (Lipinski definition) is 2. The predicted molar refractivity (Wildman–Crippen MR) is 62.4 cm³/mol. The van der Waals surface area contributed by atoms with Crippen LogP contribution in [-0.4, -0.2) is 29.9 Å². The van der Waals surface area contributed by atoms with Crippen molar-refractivity contribution in [1.82, 2.24) is 4.90 Å². The van der Waals surface area contributed by atoms with Gasteiger partial charge >= 0.3 is 0 Å². The van der Waals surface area contributed by atoms with Gasteiger partial charge in [-0.15, -0.1) is 0 Å². The van der Waals surface area contributed by atoms with Crippen molar-refractivity contribution in [3.8, 4) is 0 Å². The number of hydrogen-bond donors (Lipinski definition) is 1. The third kappa shape index (κ3) is 3.49. The summed E-state index contributed by atoms with van der Waals surface area (Å²) in [4.78, 5) is 13.9. The van der Waals surface area contributed by atoms with Gasteiger partial charge in [-0.05, 0) is 24.7 Å². The zero-order valence-corrected chi connectivity index (χ0v) is 10.2. The van der Waals surface area contributed by atoms with Gasteiger partial charge in [0, 0.05) is 13.1 Å². The van der Waals surface area contributed by atoms with Crippen molar-refractivity contribution in [2.75, 3.05) is 13.1 Å². The first-order valence-electron chi connectivity index (χ1n) is 6.09. The van der Waals surface area contributed by atoms with Crippen LogP contribution in [0.5, 0.6) is 0 Å². The van der Waals surface area contributed by atoms with Gasteiger partial charge in [-0.3, -0.25) is 4.79 Å². The number of likely N-dealkylation sites (tertiary alicyclic amines) is 1. The van der Waals surface area contributed by atoms with E-state index >= 15 is 0 Å². The molecule has 1 unspecified atom stereocenters. The van der Waals surface area contributed by atoms with Crippen molar-refractivity contribution in [1.29, 1.82) is 0 Å². The molecule has 3 nitrogen and oxygen atoms in total. The molecule has 1 amide bonds. The standard InChI is InChI=1S/C12H24N2O/c1-4-10-5-6-14(8-10)12(15)11(13)7-9(2)3/h9-11H,4-8,13H2,1-3H3/t10?,11-/m1/s1. The fourth-order valence-electron chi connectivity index (χ4n) is 2.21. The number of nitrogens with two attached hydrogens (primary N) is 1. The topological polar surface area (TPSA) is 46.3 Å². The lowest BCUT2D eigenvalue weighted by Crippen LogP contribution is -2.43. The van der Waals surface area contributed by atoms with E-state index in [0.717, 1.165) is 25.9 Å². The Labute approximate surface area is 93.0 Å². The largest absolute Gasteiger partial charge is 0.341 e. The highest BCUT2D eigenvalue weighted by Gasteiger charge is 2.28. The van der Waals surface area contributed by atoms with Gasteiger partial charge in [0.15, 0.2) is 0 Å². The zero-order chi connectivity index (χ0) is 11.4. The highest BCUT2D eigenvalue weighted by atomic mass is 16.2. The van der Waals surface area contributed by atoms with Crippen molar-refractivity contribution in [3.05, 3.63) is 0 Å². The van der Waals surface area contributed by atoms with E-state index in [0.29, 0.717) is 11.8 Å². The average molecular weight is 212 g/mol. The SMILES string of the molecule is CCC1CCN(C(=O)[C@H](N)CC(C)C)C1. The molecule has 0 radical (unpaired) electrons. The summed E-state index contributed by atoms with van der Waals surface area (Å²) in [5, 5.41) is 0. The van der Waals surface area contributed by atoms with E-state index in [4.69, 9.17) is 5.73 Å². The van der Waals surface area contributed by atoms with Gasteiger partial charge < -0.3 is 10.6 Å². The second-order valence-corrected chi connectivity index (χ2v) is 5.08. The van der Waals surface area contributed by atoms with E-state index in [1.807, 2.05) is 4.90 Å². The van der Waals surface area contributed by atoms with E-state index in [2.05, 4.69) is 20.8 Å². The van der Waals surface area contributed by atoms with E-state index in [1.54, 1.807) is 0 Å². The minimum absolute atomic E-state index is 0.152. The average Bonchev–Trinajstić information content (AvgIpc) is 2.63. The number of amides is 1. The van der Waals surface area contributed by atoms with Crippen LogP contribution in [0.3, 0.4) is 0 Å². The molecule has 2 N–H and O–H groups in total. The summed E-state index contributed by atoms with van der Waals surface area (Å²) >= 11 is 0. The Bertz CT molecular complexity index is 216. The molecule has 1 aliphatic rings. The lowest BCUT2D eigenvalue weighted by Gasteiger charge is -2.21. The van der Waals surface area contributed by atoms with Gasteiger partial charge in [-0.25, -0.2) is 0 Å². The molecule has 0 aromatic rings. The van der Waals surface area contributed by atoms with Crippen LogP contribution in [0.4, 0.5) is 0 Å². The fraction of sp³-hybridized carbons (Fsp3) is 0.917. The Balaban J connectivity index is 2.40. The summed E-state index contributed by atoms with van der Waals surface area (Å²) in [5.74, 6) is 1.34. The smallest absolute Gasteiger partial charge is 0.239 e. The van der Waals surface area contributed by atoms with Crippen molar-refractivity contribution in [2.24, 2.45) is 17.6 Å². The molecular weight excluding hydrogens is 188 g/mol. The van der Waals surface area contributed by atoms with Crippen LogP contribution >= 0.6 is 0 Å². The molecule has 0 spiro atoms. The molecule has 1 saturated heterocycles. The minimum atomic E-state index is -0.291. The number of carbonyl (C=O) groups excluding carboxylic acids is 1. The summed E-state index contributed by atoms with van der Waals surface area (Å²) in [5.41, 5.74) is 5.89. The Kier molecular flexibility index (Phi) is 4.58. The Morgan fingerprint density at radius 2 is 2.20 bits per heavy atom. The number of rotatable bonds is 4. The second kappa shape index (κ2) is 5.50. The normalized spacial score (nSPS) is 23.5. The van der Waals surface area contributed by atoms with E-state index in [1.165, 1.54) is 6.42 Å². The van der Waals surface area contributed by atoms with Gasteiger partial charge in [-0.2, -0.15) is 0 Å². The molecular formula is C12H24N2O. The van der Waals surface area contributed by atoms with Gasteiger partial charge in [0.05, 0.1) is 6.04 Å². The first-order valence-corrected chi connectivity index (χ1v) is 6.09. The van der Waals surface area contributed by atoms with Crippen LogP contribution < -0.4 is 5.73 Å². The molecule has 1 fully saturated rings. The molecule has 0 aromatic carbocycles. The third-order valence-electron chi connectivity index (χ3n) is 3.22. The third-order valence-corrected chi connectivity index (χ3v) is 3.22.